The summed E-state index contributed by atoms with van der Waals surface area (Å²) in [7, 11) is 0. The van der Waals surface area contributed by atoms with Crippen molar-refractivity contribution in [2.75, 3.05) is 6.61 Å². The maximum absolute atomic E-state index is 12.6. The third kappa shape index (κ3) is 6.52. The van der Waals surface area contributed by atoms with Crippen LogP contribution in [0.25, 0.3) is 10.8 Å². The lowest BCUT2D eigenvalue weighted by Crippen LogP contribution is -2.48. The third-order valence-electron chi connectivity index (χ3n) is 4.91. The molecule has 3 aromatic carbocycles. The molecule has 6 nitrogen and oxygen atoms in total. The Labute approximate surface area is 193 Å². The quantitative estimate of drug-likeness (QED) is 0.272. The summed E-state index contributed by atoms with van der Waals surface area (Å²) in [5, 5.41) is 4.67. The molecule has 0 aliphatic rings. The Bertz CT molecular complexity index is 1100. The summed E-state index contributed by atoms with van der Waals surface area (Å²) >= 11 is 5.16. The second kappa shape index (κ2) is 11.8. The molecule has 0 spiro atoms. The number of para-hydroxylation sites is 1. The van der Waals surface area contributed by atoms with Gasteiger partial charge in [0.05, 0.1) is 18.6 Å². The summed E-state index contributed by atoms with van der Waals surface area (Å²) in [6, 6.07) is 20.7. The van der Waals surface area contributed by atoms with E-state index in [0.29, 0.717) is 17.9 Å². The summed E-state index contributed by atoms with van der Waals surface area (Å²) in [4.78, 5) is 25.0. The zero-order valence-electron chi connectivity index (χ0n) is 18.0. The van der Waals surface area contributed by atoms with Crippen molar-refractivity contribution in [3.63, 3.8) is 0 Å². The lowest BCUT2D eigenvalue weighted by molar-refractivity contribution is -0.121. The second-order valence-corrected chi connectivity index (χ2v) is 7.73. The molecule has 0 fully saturated rings. The highest BCUT2D eigenvalue weighted by molar-refractivity contribution is 7.80. The molecule has 3 aromatic rings. The van der Waals surface area contributed by atoms with Gasteiger partial charge in [0.1, 0.15) is 5.75 Å². The van der Waals surface area contributed by atoms with Crippen LogP contribution in [-0.4, -0.2) is 23.5 Å². The average Bonchev–Trinajstić information content (AvgIpc) is 2.81. The molecule has 0 atom stereocenters. The van der Waals surface area contributed by atoms with Gasteiger partial charge in [-0.3, -0.25) is 25.8 Å². The minimum Gasteiger partial charge on any atom is -0.493 e. The highest BCUT2D eigenvalue weighted by Gasteiger charge is 2.14. The Morgan fingerprint density at radius 3 is 2.50 bits per heavy atom. The van der Waals surface area contributed by atoms with Crippen LogP contribution in [0.3, 0.4) is 0 Å². The molecule has 32 heavy (non-hydrogen) atoms. The fraction of sp³-hybridized carbons (Fsp3) is 0.240. The van der Waals surface area contributed by atoms with Crippen LogP contribution in [0.2, 0.25) is 0 Å². The number of amides is 2. The first-order chi connectivity index (χ1) is 15.6. The van der Waals surface area contributed by atoms with E-state index in [-0.39, 0.29) is 17.4 Å². The Balaban J connectivity index is 1.51. The highest BCUT2D eigenvalue weighted by Crippen LogP contribution is 2.19. The number of carbonyl (C=O) groups is 2. The van der Waals surface area contributed by atoms with Crippen molar-refractivity contribution in [1.29, 1.82) is 0 Å². The van der Waals surface area contributed by atoms with Gasteiger partial charge in [0.15, 0.2) is 5.11 Å². The number of hydrogen-bond acceptors (Lipinski definition) is 4. The molecule has 0 aliphatic heterocycles. The third-order valence-corrected chi connectivity index (χ3v) is 5.11. The Morgan fingerprint density at radius 1 is 0.906 bits per heavy atom. The van der Waals surface area contributed by atoms with Gasteiger partial charge < -0.3 is 4.74 Å². The first kappa shape index (κ1) is 23.2. The number of fused-ring (bicyclic) bond motifs is 1. The summed E-state index contributed by atoms with van der Waals surface area (Å²) < 4.78 is 5.75. The maximum Gasteiger partial charge on any atom is 0.261 e. The van der Waals surface area contributed by atoms with Crippen LogP contribution in [0.4, 0.5) is 0 Å². The van der Waals surface area contributed by atoms with Crippen LogP contribution < -0.4 is 20.9 Å². The van der Waals surface area contributed by atoms with Crippen molar-refractivity contribution < 1.29 is 14.3 Å². The second-order valence-electron chi connectivity index (χ2n) is 7.32. The lowest BCUT2D eigenvalue weighted by Gasteiger charge is -2.14. The maximum atomic E-state index is 12.6. The van der Waals surface area contributed by atoms with Gasteiger partial charge in [0.2, 0.25) is 5.91 Å². The van der Waals surface area contributed by atoms with Crippen molar-refractivity contribution >= 4 is 39.9 Å². The summed E-state index contributed by atoms with van der Waals surface area (Å²) in [6.45, 7) is 2.67. The van der Waals surface area contributed by atoms with E-state index in [1.165, 1.54) is 0 Å². The Hall–Kier alpha value is -3.45. The molecule has 0 aromatic heterocycles. The first-order valence-electron chi connectivity index (χ1n) is 10.7. The first-order valence-corrected chi connectivity index (χ1v) is 11.1. The number of benzene rings is 3. The molecule has 0 saturated heterocycles. The van der Waals surface area contributed by atoms with E-state index in [2.05, 4.69) is 23.1 Å². The van der Waals surface area contributed by atoms with Gasteiger partial charge in [-0.15, -0.1) is 0 Å². The smallest absolute Gasteiger partial charge is 0.261 e. The van der Waals surface area contributed by atoms with Gasteiger partial charge in [-0.25, -0.2) is 0 Å². The highest BCUT2D eigenvalue weighted by atomic mass is 32.1. The summed E-state index contributed by atoms with van der Waals surface area (Å²) in [6.07, 6.45) is 3.27. The van der Waals surface area contributed by atoms with Crippen molar-refractivity contribution in [2.24, 2.45) is 0 Å². The molecule has 3 rings (SSSR count). The van der Waals surface area contributed by atoms with Crippen molar-refractivity contribution in [2.45, 2.75) is 32.6 Å². The normalized spacial score (nSPS) is 10.4. The van der Waals surface area contributed by atoms with E-state index in [1.807, 2.05) is 48.5 Å². The van der Waals surface area contributed by atoms with E-state index in [9.17, 15) is 9.59 Å². The van der Waals surface area contributed by atoms with Gasteiger partial charge in [0, 0.05) is 0 Å². The van der Waals surface area contributed by atoms with E-state index in [4.69, 9.17) is 17.0 Å². The topological polar surface area (TPSA) is 79.5 Å². The molecule has 0 heterocycles. The fourth-order valence-corrected chi connectivity index (χ4v) is 3.45. The lowest BCUT2D eigenvalue weighted by atomic mass is 10.0. The van der Waals surface area contributed by atoms with Gasteiger partial charge in [0.25, 0.3) is 5.91 Å². The van der Waals surface area contributed by atoms with E-state index >= 15 is 0 Å². The van der Waals surface area contributed by atoms with Crippen LogP contribution in [0, 0.1) is 0 Å². The molecular weight excluding hydrogens is 422 g/mol. The molecular formula is C25H27N3O3S. The van der Waals surface area contributed by atoms with Crippen molar-refractivity contribution in [3.8, 4) is 5.75 Å². The van der Waals surface area contributed by atoms with Gasteiger partial charge in [-0.05, 0) is 47.1 Å². The Kier molecular flexibility index (Phi) is 8.57. The van der Waals surface area contributed by atoms with Crippen LogP contribution in [0.1, 0.15) is 42.1 Å². The number of thiocarbonyl (C=S) groups is 1. The molecule has 0 bridgehead atoms. The Morgan fingerprint density at radius 2 is 1.66 bits per heavy atom. The number of rotatable bonds is 8. The molecule has 0 aliphatic carbocycles. The van der Waals surface area contributed by atoms with Crippen LogP contribution in [0.15, 0.2) is 66.7 Å². The van der Waals surface area contributed by atoms with Crippen LogP contribution >= 0.6 is 12.2 Å². The molecule has 3 N–H and O–H groups in total. The van der Waals surface area contributed by atoms with E-state index < -0.39 is 5.91 Å². The largest absolute Gasteiger partial charge is 0.493 e. The van der Waals surface area contributed by atoms with Gasteiger partial charge in [-0.1, -0.05) is 74.4 Å². The zero-order valence-corrected chi connectivity index (χ0v) is 18.8. The van der Waals surface area contributed by atoms with Crippen molar-refractivity contribution in [3.05, 3.63) is 77.9 Å². The number of ether oxygens (including phenoxy) is 1. The fourth-order valence-electron chi connectivity index (χ4n) is 3.31. The molecule has 0 unspecified atom stereocenters. The number of unbranched alkanes of at least 4 members (excludes halogenated alkanes) is 2. The van der Waals surface area contributed by atoms with E-state index in [1.54, 1.807) is 18.2 Å². The standard InChI is InChI=1S/C25H27N3O3S/c1-2-3-8-16-31-22-15-7-6-14-21(22)24(30)26-25(32)28-27-23(29)17-19-12-9-11-18-10-4-5-13-20(18)19/h4-7,9-15H,2-3,8,16-17H2,1H3,(H,27,29)(H2,26,28,30,32). The predicted octanol–water partition coefficient (Wildman–Crippen LogP) is 4.29. The number of hydrazine groups is 1. The minimum atomic E-state index is -0.406. The number of nitrogens with one attached hydrogen (secondary N) is 3. The van der Waals surface area contributed by atoms with Crippen LogP contribution in [-0.2, 0) is 11.2 Å². The SMILES string of the molecule is CCCCCOc1ccccc1C(=O)NC(=S)NNC(=O)Cc1cccc2ccccc12. The van der Waals surface area contributed by atoms with Gasteiger partial charge >= 0.3 is 0 Å². The number of carbonyl (C=O) groups excluding carboxylic acids is 2. The summed E-state index contributed by atoms with van der Waals surface area (Å²) in [5.74, 6) is -0.168. The van der Waals surface area contributed by atoms with Gasteiger partial charge in [-0.2, -0.15) is 0 Å². The number of hydrogen-bond donors (Lipinski definition) is 3. The van der Waals surface area contributed by atoms with Crippen LogP contribution in [0.5, 0.6) is 5.75 Å². The predicted molar refractivity (Wildman–Crippen MR) is 130 cm³/mol. The summed E-state index contributed by atoms with van der Waals surface area (Å²) in [5.41, 5.74) is 6.42. The molecule has 0 radical (unpaired) electrons. The molecule has 0 saturated carbocycles. The molecule has 7 heteroatoms. The monoisotopic (exact) mass is 449 g/mol. The van der Waals surface area contributed by atoms with E-state index in [0.717, 1.165) is 35.6 Å². The molecule has 2 amide bonds. The minimum absolute atomic E-state index is 0.00190. The van der Waals surface area contributed by atoms with Crippen molar-refractivity contribution in [1.82, 2.24) is 16.2 Å². The zero-order chi connectivity index (χ0) is 22.8. The molecule has 166 valence electrons. The average molecular weight is 450 g/mol.